The Kier molecular flexibility index (Phi) is 4.87. The normalized spacial score (nSPS) is 12.6. The van der Waals surface area contributed by atoms with Gasteiger partial charge in [-0.3, -0.25) is 0 Å². The van der Waals surface area contributed by atoms with Crippen molar-refractivity contribution in [2.75, 3.05) is 6.54 Å². The molecule has 0 aromatic carbocycles. The van der Waals surface area contributed by atoms with E-state index >= 15 is 0 Å². The molecule has 3 heterocycles. The lowest BCUT2D eigenvalue weighted by Gasteiger charge is -2.12. The maximum absolute atomic E-state index is 10.1. The van der Waals surface area contributed by atoms with E-state index in [9.17, 15) is 5.11 Å². The van der Waals surface area contributed by atoms with Crippen molar-refractivity contribution in [2.24, 2.45) is 0 Å². The molecule has 2 N–H and O–H groups in total. The van der Waals surface area contributed by atoms with Gasteiger partial charge in [-0.15, -0.1) is 11.3 Å². The van der Waals surface area contributed by atoms with Crippen molar-refractivity contribution in [1.29, 1.82) is 0 Å². The molecule has 0 aliphatic rings. The molecule has 21 heavy (non-hydrogen) atoms. The van der Waals surface area contributed by atoms with Crippen LogP contribution in [0.15, 0.2) is 52.7 Å². The van der Waals surface area contributed by atoms with Gasteiger partial charge in [-0.1, -0.05) is 6.07 Å². The van der Waals surface area contributed by atoms with Crippen LogP contribution in [-0.2, 0) is 13.1 Å². The first kappa shape index (κ1) is 14.5. The number of hydrogen-bond acceptors (Lipinski definition) is 4. The van der Waals surface area contributed by atoms with Gasteiger partial charge in [-0.25, -0.2) is 0 Å². The van der Waals surface area contributed by atoms with Gasteiger partial charge < -0.3 is 15.0 Å². The van der Waals surface area contributed by atoms with E-state index in [1.807, 2.05) is 16.8 Å². The summed E-state index contributed by atoms with van der Waals surface area (Å²) in [4.78, 5) is 1.35. The summed E-state index contributed by atoms with van der Waals surface area (Å²) >= 11 is 3.39. The van der Waals surface area contributed by atoms with Crippen molar-refractivity contribution in [2.45, 2.75) is 19.2 Å². The maximum atomic E-state index is 10.1. The molecule has 0 bridgehead atoms. The number of nitrogens with zero attached hydrogens (tertiary/aromatic N) is 1. The van der Waals surface area contributed by atoms with Crippen LogP contribution in [-0.4, -0.2) is 16.2 Å². The molecule has 0 spiro atoms. The predicted molar refractivity (Wildman–Crippen MR) is 88.8 cm³/mol. The van der Waals surface area contributed by atoms with Crippen LogP contribution in [0.4, 0.5) is 0 Å². The summed E-state index contributed by atoms with van der Waals surface area (Å²) in [6.07, 6.45) is 1.67. The number of rotatable bonds is 7. The maximum Gasteiger partial charge on any atom is 0.0922 e. The first-order valence-electron chi connectivity index (χ1n) is 6.90. The van der Waals surface area contributed by atoms with Crippen LogP contribution >= 0.6 is 22.7 Å². The third-order valence-electron chi connectivity index (χ3n) is 3.40. The van der Waals surface area contributed by atoms with Gasteiger partial charge in [0, 0.05) is 29.9 Å². The Labute approximate surface area is 132 Å². The molecule has 3 aromatic heterocycles. The molecule has 3 rings (SSSR count). The minimum atomic E-state index is -0.433. The summed E-state index contributed by atoms with van der Waals surface area (Å²) in [5.74, 6) is 0. The molecule has 5 heteroatoms. The highest BCUT2D eigenvalue weighted by Gasteiger charge is 2.08. The highest BCUT2D eigenvalue weighted by atomic mass is 32.1. The zero-order valence-electron chi connectivity index (χ0n) is 11.6. The number of aromatic nitrogens is 1. The monoisotopic (exact) mass is 318 g/mol. The Morgan fingerprint density at radius 2 is 2.14 bits per heavy atom. The zero-order chi connectivity index (χ0) is 14.5. The van der Waals surface area contributed by atoms with Gasteiger partial charge in [0.2, 0.25) is 0 Å². The van der Waals surface area contributed by atoms with Crippen molar-refractivity contribution in [3.8, 4) is 0 Å². The molecule has 0 aliphatic carbocycles. The fraction of sp³-hybridized carbons (Fsp3) is 0.250. The number of nitrogens with one attached hydrogen (secondary N) is 1. The molecule has 0 amide bonds. The minimum absolute atomic E-state index is 0.433. The molecule has 3 nitrogen and oxygen atoms in total. The van der Waals surface area contributed by atoms with Crippen LogP contribution in [0.25, 0.3) is 0 Å². The van der Waals surface area contributed by atoms with E-state index in [1.54, 1.807) is 22.7 Å². The molecular weight excluding hydrogens is 300 g/mol. The van der Waals surface area contributed by atoms with Crippen molar-refractivity contribution >= 4 is 22.7 Å². The van der Waals surface area contributed by atoms with Crippen LogP contribution in [0.1, 0.15) is 22.2 Å². The van der Waals surface area contributed by atoms with Gasteiger partial charge in [0.05, 0.1) is 12.6 Å². The molecule has 0 aliphatic heterocycles. The SMILES string of the molecule is OC(CNCc1cccn1Cc1cccs1)c1ccsc1. The van der Waals surface area contributed by atoms with Crippen molar-refractivity contribution in [3.05, 3.63) is 68.8 Å². The van der Waals surface area contributed by atoms with E-state index in [4.69, 9.17) is 0 Å². The Morgan fingerprint density at radius 1 is 1.19 bits per heavy atom. The molecular formula is C16H18N2OS2. The second kappa shape index (κ2) is 7.04. The van der Waals surface area contributed by atoms with Gasteiger partial charge in [0.15, 0.2) is 0 Å². The second-order valence-corrected chi connectivity index (χ2v) is 6.72. The lowest BCUT2D eigenvalue weighted by molar-refractivity contribution is 0.174. The minimum Gasteiger partial charge on any atom is -0.387 e. The van der Waals surface area contributed by atoms with Gasteiger partial charge >= 0.3 is 0 Å². The molecule has 3 aromatic rings. The van der Waals surface area contributed by atoms with E-state index in [0.717, 1.165) is 18.7 Å². The molecule has 1 unspecified atom stereocenters. The number of aliphatic hydroxyl groups is 1. The average Bonchev–Trinajstić information content (AvgIpc) is 3.21. The van der Waals surface area contributed by atoms with Gasteiger partial charge in [0.1, 0.15) is 0 Å². The Balaban J connectivity index is 1.53. The summed E-state index contributed by atoms with van der Waals surface area (Å²) < 4.78 is 2.25. The smallest absolute Gasteiger partial charge is 0.0922 e. The molecule has 0 radical (unpaired) electrons. The van der Waals surface area contributed by atoms with Crippen LogP contribution in [0.3, 0.4) is 0 Å². The van der Waals surface area contributed by atoms with E-state index in [2.05, 4.69) is 45.7 Å². The summed E-state index contributed by atoms with van der Waals surface area (Å²) in [7, 11) is 0. The van der Waals surface area contributed by atoms with Crippen molar-refractivity contribution < 1.29 is 5.11 Å². The fourth-order valence-corrected chi connectivity index (χ4v) is 3.66. The number of thiophene rings is 2. The van der Waals surface area contributed by atoms with Crippen LogP contribution < -0.4 is 5.32 Å². The van der Waals surface area contributed by atoms with Crippen LogP contribution in [0.5, 0.6) is 0 Å². The second-order valence-electron chi connectivity index (χ2n) is 4.91. The van der Waals surface area contributed by atoms with Gasteiger partial charge in [-0.05, 0) is 46.0 Å². The third-order valence-corrected chi connectivity index (χ3v) is 4.96. The third kappa shape index (κ3) is 3.83. The van der Waals surface area contributed by atoms with Crippen molar-refractivity contribution in [1.82, 2.24) is 9.88 Å². The van der Waals surface area contributed by atoms with Gasteiger partial charge in [-0.2, -0.15) is 11.3 Å². The zero-order valence-corrected chi connectivity index (χ0v) is 13.2. The van der Waals surface area contributed by atoms with E-state index in [1.165, 1.54) is 10.6 Å². The summed E-state index contributed by atoms with van der Waals surface area (Å²) in [5, 5.41) is 19.5. The van der Waals surface area contributed by atoms with E-state index < -0.39 is 6.10 Å². The Morgan fingerprint density at radius 3 is 2.90 bits per heavy atom. The summed E-state index contributed by atoms with van der Waals surface area (Å²) in [6, 6.07) is 10.4. The first-order chi connectivity index (χ1) is 10.3. The average molecular weight is 318 g/mol. The molecule has 1 atom stereocenters. The van der Waals surface area contributed by atoms with Crippen LogP contribution in [0, 0.1) is 0 Å². The quantitative estimate of drug-likeness (QED) is 0.700. The molecule has 0 fully saturated rings. The molecule has 110 valence electrons. The molecule has 0 saturated carbocycles. The van der Waals surface area contributed by atoms with Crippen molar-refractivity contribution in [3.63, 3.8) is 0 Å². The Hall–Kier alpha value is -1.40. The summed E-state index contributed by atoms with van der Waals surface area (Å²) in [6.45, 7) is 2.25. The first-order valence-corrected chi connectivity index (χ1v) is 8.72. The Bertz CT molecular complexity index is 644. The van der Waals surface area contributed by atoms with Gasteiger partial charge in [0.25, 0.3) is 0 Å². The largest absolute Gasteiger partial charge is 0.387 e. The number of hydrogen-bond donors (Lipinski definition) is 2. The van der Waals surface area contributed by atoms with E-state index in [0.29, 0.717) is 6.54 Å². The predicted octanol–water partition coefficient (Wildman–Crippen LogP) is 3.48. The fourth-order valence-electron chi connectivity index (χ4n) is 2.25. The highest BCUT2D eigenvalue weighted by Crippen LogP contribution is 2.16. The highest BCUT2D eigenvalue weighted by molar-refractivity contribution is 7.09. The summed E-state index contributed by atoms with van der Waals surface area (Å²) in [5.41, 5.74) is 2.22. The topological polar surface area (TPSA) is 37.2 Å². The lowest BCUT2D eigenvalue weighted by Crippen LogP contribution is -2.22. The standard InChI is InChI=1S/C16H18N2OS2/c19-16(13-5-8-20-12-13)10-17-9-14-3-1-6-18(14)11-15-4-2-7-21-15/h1-8,12,16-17,19H,9-11H2. The van der Waals surface area contributed by atoms with Crippen LogP contribution in [0.2, 0.25) is 0 Å². The number of aliphatic hydroxyl groups excluding tert-OH is 1. The lowest BCUT2D eigenvalue weighted by atomic mass is 10.2. The van der Waals surface area contributed by atoms with E-state index in [-0.39, 0.29) is 0 Å². The molecule has 0 saturated heterocycles.